The molecule has 1 amide bonds. The van der Waals surface area contributed by atoms with Crippen molar-refractivity contribution in [2.45, 2.75) is 39.6 Å². The first-order valence-electron chi connectivity index (χ1n) is 12.1. The molecule has 0 aliphatic heterocycles. The van der Waals surface area contributed by atoms with Gasteiger partial charge in [-0.05, 0) is 62.7 Å². The molecular weight excluding hydrogens is 488 g/mol. The third-order valence-corrected chi connectivity index (χ3v) is 5.17. The zero-order chi connectivity index (χ0) is 27.5. The van der Waals surface area contributed by atoms with Gasteiger partial charge in [-0.1, -0.05) is 36.4 Å². The van der Waals surface area contributed by atoms with Crippen LogP contribution in [0.3, 0.4) is 0 Å². The van der Waals surface area contributed by atoms with Gasteiger partial charge in [0.2, 0.25) is 6.10 Å². The summed E-state index contributed by atoms with van der Waals surface area (Å²) in [6.07, 6.45) is -1.91. The van der Waals surface area contributed by atoms with E-state index in [1.54, 1.807) is 42.5 Å². The minimum atomic E-state index is -1.06. The molecule has 0 saturated carbocycles. The number of amidine groups is 1. The molecule has 0 bridgehead atoms. The second kappa shape index (κ2) is 13.7. The lowest BCUT2D eigenvalue weighted by atomic mass is 10.1. The highest BCUT2D eigenvalue weighted by molar-refractivity contribution is 6.02. The highest BCUT2D eigenvalue weighted by atomic mass is 16.6. The van der Waals surface area contributed by atoms with Gasteiger partial charge in [-0.3, -0.25) is 0 Å². The molecule has 0 heterocycles. The summed E-state index contributed by atoms with van der Waals surface area (Å²) in [7, 11) is 1.29. The van der Waals surface area contributed by atoms with Gasteiger partial charge >= 0.3 is 12.1 Å². The van der Waals surface area contributed by atoms with Gasteiger partial charge in [0, 0.05) is 11.1 Å². The van der Waals surface area contributed by atoms with Crippen molar-refractivity contribution in [1.82, 2.24) is 0 Å². The minimum Gasteiger partial charge on any atom is -0.490 e. The van der Waals surface area contributed by atoms with E-state index in [9.17, 15) is 9.59 Å². The molecule has 0 radical (unpaired) electrons. The Bertz CT molecular complexity index is 1240. The Balaban J connectivity index is 1.73. The molecule has 0 aliphatic carbocycles. The first kappa shape index (κ1) is 28.0. The van der Waals surface area contributed by atoms with Gasteiger partial charge in [-0.25, -0.2) is 9.59 Å². The smallest absolute Gasteiger partial charge is 0.435 e. The second-order valence-corrected chi connectivity index (χ2v) is 8.39. The number of amides is 1. The highest BCUT2D eigenvalue weighted by Crippen LogP contribution is 2.33. The molecule has 38 heavy (non-hydrogen) atoms. The molecule has 0 spiro atoms. The van der Waals surface area contributed by atoms with Crippen molar-refractivity contribution in [2.24, 2.45) is 10.7 Å². The van der Waals surface area contributed by atoms with Gasteiger partial charge in [0.15, 0.2) is 11.5 Å². The predicted molar refractivity (Wildman–Crippen MR) is 143 cm³/mol. The molecule has 1 unspecified atom stereocenters. The van der Waals surface area contributed by atoms with E-state index in [0.717, 1.165) is 5.56 Å². The van der Waals surface area contributed by atoms with Gasteiger partial charge in [-0.15, -0.1) is 0 Å². The van der Waals surface area contributed by atoms with Crippen LogP contribution in [0.15, 0.2) is 77.8 Å². The first-order chi connectivity index (χ1) is 18.3. The van der Waals surface area contributed by atoms with Crippen LogP contribution in [0.25, 0.3) is 0 Å². The van der Waals surface area contributed by atoms with Crippen LogP contribution < -0.4 is 19.9 Å². The van der Waals surface area contributed by atoms with Crippen LogP contribution in [0.4, 0.5) is 4.79 Å². The second-order valence-electron chi connectivity index (χ2n) is 8.39. The quantitative estimate of drug-likeness (QED) is 0.208. The van der Waals surface area contributed by atoms with Gasteiger partial charge < -0.3 is 29.4 Å². The Kier molecular flexibility index (Phi) is 10.1. The van der Waals surface area contributed by atoms with Crippen molar-refractivity contribution >= 4 is 17.9 Å². The number of ether oxygens (including phenoxy) is 5. The number of nitrogens with zero attached hydrogens (tertiary/aromatic N) is 1. The number of nitrogens with two attached hydrogens (primary N) is 1. The van der Waals surface area contributed by atoms with E-state index in [4.69, 9.17) is 29.4 Å². The van der Waals surface area contributed by atoms with Crippen LogP contribution >= 0.6 is 0 Å². The number of rotatable bonds is 11. The van der Waals surface area contributed by atoms with E-state index >= 15 is 0 Å². The molecule has 200 valence electrons. The molecule has 3 aromatic carbocycles. The van der Waals surface area contributed by atoms with Crippen molar-refractivity contribution in [1.29, 1.82) is 0 Å². The van der Waals surface area contributed by atoms with Crippen LogP contribution in [0.2, 0.25) is 0 Å². The van der Waals surface area contributed by atoms with E-state index in [0.29, 0.717) is 35.0 Å². The summed E-state index contributed by atoms with van der Waals surface area (Å²) in [5, 5.41) is 0. The van der Waals surface area contributed by atoms with Gasteiger partial charge in [0.1, 0.15) is 18.2 Å². The standard InChI is InChI=1S/C29H32N2O7/c1-5-35-25-17-22(13-16-24(25)37-19(2)3)26(28(32)34-4)38-23-14-11-21(12-15-23)27(30)31-29(33)36-18-20-9-7-6-8-10-20/h6-17,19,26H,5,18H2,1-4H3,(H2,30,31,33). The maximum absolute atomic E-state index is 12.6. The molecule has 9 heteroatoms. The number of hydrogen-bond donors (Lipinski definition) is 1. The summed E-state index contributed by atoms with van der Waals surface area (Å²) in [4.78, 5) is 28.4. The Morgan fingerprint density at radius 3 is 2.26 bits per heavy atom. The highest BCUT2D eigenvalue weighted by Gasteiger charge is 2.25. The topological polar surface area (TPSA) is 119 Å². The number of benzene rings is 3. The lowest BCUT2D eigenvalue weighted by molar-refractivity contribution is -0.149. The molecular formula is C29H32N2O7. The molecule has 0 saturated heterocycles. The van der Waals surface area contributed by atoms with Crippen LogP contribution in [0.5, 0.6) is 17.2 Å². The summed E-state index contributed by atoms with van der Waals surface area (Å²) < 4.78 is 27.6. The minimum absolute atomic E-state index is 0.0128. The number of methoxy groups -OCH3 is 1. The fourth-order valence-corrected chi connectivity index (χ4v) is 3.42. The molecule has 3 rings (SSSR count). The van der Waals surface area contributed by atoms with E-state index in [2.05, 4.69) is 4.99 Å². The fraction of sp³-hybridized carbons (Fsp3) is 0.276. The summed E-state index contributed by atoms with van der Waals surface area (Å²) in [6, 6.07) is 20.9. The SMILES string of the molecule is CCOc1cc(C(Oc2ccc(/C(N)=N/C(=O)OCc3ccccc3)cc2)C(=O)OC)ccc1OC(C)C. The van der Waals surface area contributed by atoms with Crippen LogP contribution in [-0.4, -0.2) is 37.7 Å². The molecule has 0 fully saturated rings. The molecule has 3 aromatic rings. The third-order valence-electron chi connectivity index (χ3n) is 5.17. The summed E-state index contributed by atoms with van der Waals surface area (Å²) >= 11 is 0. The van der Waals surface area contributed by atoms with Gasteiger partial charge in [-0.2, -0.15) is 4.99 Å². The van der Waals surface area contributed by atoms with Gasteiger partial charge in [0.05, 0.1) is 19.8 Å². The zero-order valence-electron chi connectivity index (χ0n) is 21.9. The molecule has 1 atom stereocenters. The van der Waals surface area contributed by atoms with E-state index < -0.39 is 18.2 Å². The average Bonchev–Trinajstić information content (AvgIpc) is 2.92. The summed E-state index contributed by atoms with van der Waals surface area (Å²) in [5.41, 5.74) is 7.83. The molecule has 0 aliphatic rings. The third kappa shape index (κ3) is 7.99. The number of esters is 1. The maximum Gasteiger partial charge on any atom is 0.435 e. The fourth-order valence-electron chi connectivity index (χ4n) is 3.42. The van der Waals surface area contributed by atoms with Crippen LogP contribution in [0, 0.1) is 0 Å². The Morgan fingerprint density at radius 1 is 0.921 bits per heavy atom. The van der Waals surface area contributed by atoms with Crippen molar-refractivity contribution < 1.29 is 33.3 Å². The number of carbonyl (C=O) groups is 2. The van der Waals surface area contributed by atoms with Crippen molar-refractivity contribution in [3.63, 3.8) is 0 Å². The monoisotopic (exact) mass is 520 g/mol. The van der Waals surface area contributed by atoms with Crippen LogP contribution in [0.1, 0.15) is 43.6 Å². The number of carbonyl (C=O) groups excluding carboxylic acids is 2. The van der Waals surface area contributed by atoms with E-state index in [-0.39, 0.29) is 18.5 Å². The van der Waals surface area contributed by atoms with Crippen LogP contribution in [-0.2, 0) is 20.9 Å². The Morgan fingerprint density at radius 2 is 1.63 bits per heavy atom. The largest absolute Gasteiger partial charge is 0.490 e. The lowest BCUT2D eigenvalue weighted by Crippen LogP contribution is -2.21. The number of hydrogen-bond acceptors (Lipinski definition) is 7. The Hall–Kier alpha value is -4.53. The zero-order valence-corrected chi connectivity index (χ0v) is 21.9. The molecule has 2 N–H and O–H groups in total. The van der Waals surface area contributed by atoms with E-state index in [1.807, 2.05) is 51.1 Å². The van der Waals surface area contributed by atoms with Crippen molar-refractivity contribution in [3.8, 4) is 17.2 Å². The summed E-state index contributed by atoms with van der Waals surface area (Å²) in [5.74, 6) is 0.840. The first-order valence-corrected chi connectivity index (χ1v) is 12.1. The van der Waals surface area contributed by atoms with Crippen molar-refractivity contribution in [3.05, 3.63) is 89.5 Å². The van der Waals surface area contributed by atoms with Crippen molar-refractivity contribution in [2.75, 3.05) is 13.7 Å². The lowest BCUT2D eigenvalue weighted by Gasteiger charge is -2.20. The van der Waals surface area contributed by atoms with Gasteiger partial charge in [0.25, 0.3) is 0 Å². The maximum atomic E-state index is 12.6. The Labute approximate surface area is 222 Å². The molecule has 9 nitrogen and oxygen atoms in total. The van der Waals surface area contributed by atoms with E-state index in [1.165, 1.54) is 7.11 Å². The predicted octanol–water partition coefficient (Wildman–Crippen LogP) is 5.21. The average molecular weight is 521 g/mol. The molecule has 0 aromatic heterocycles. The summed E-state index contributed by atoms with van der Waals surface area (Å²) in [6.45, 7) is 6.21. The normalized spacial score (nSPS) is 12.0. The number of aliphatic imine (C=N–C) groups is 1.